The monoisotopic (exact) mass is 476 g/mol. The molecular formula is C30H52O4. The summed E-state index contributed by atoms with van der Waals surface area (Å²) >= 11 is 0. The van der Waals surface area contributed by atoms with E-state index >= 15 is 0 Å². The maximum Gasteiger partial charge on any atom is 0.113 e. The van der Waals surface area contributed by atoms with Gasteiger partial charge in [0.25, 0.3) is 0 Å². The van der Waals surface area contributed by atoms with Gasteiger partial charge in [0, 0.05) is 0 Å². The predicted octanol–water partition coefficient (Wildman–Crippen LogP) is 7.00. The number of rotatable bonds is 6. The summed E-state index contributed by atoms with van der Waals surface area (Å²) in [5.74, 6) is 2.09. The van der Waals surface area contributed by atoms with E-state index in [1.165, 1.54) is 32.1 Å². The maximum absolute atomic E-state index is 11.7. The molecule has 4 aliphatic carbocycles. The van der Waals surface area contributed by atoms with Gasteiger partial charge in [-0.1, -0.05) is 41.2 Å². The quantitative estimate of drug-likeness (QED) is 0.219. The second-order valence-electron chi connectivity index (χ2n) is 14.5. The summed E-state index contributed by atoms with van der Waals surface area (Å²) in [7, 11) is 0. The Balaban J connectivity index is 1.58. The van der Waals surface area contributed by atoms with Crippen molar-refractivity contribution in [2.75, 3.05) is 0 Å². The minimum absolute atomic E-state index is 0.0113. The van der Waals surface area contributed by atoms with Crippen molar-refractivity contribution in [3.63, 3.8) is 0 Å². The van der Waals surface area contributed by atoms with Crippen LogP contribution in [-0.2, 0) is 4.89 Å². The van der Waals surface area contributed by atoms with E-state index in [0.717, 1.165) is 24.8 Å². The Morgan fingerprint density at radius 2 is 1.62 bits per heavy atom. The molecule has 0 radical (unpaired) electrons. The average Bonchev–Trinajstić information content (AvgIpc) is 3.10. The van der Waals surface area contributed by atoms with E-state index in [1.807, 2.05) is 13.8 Å². The maximum atomic E-state index is 11.7. The van der Waals surface area contributed by atoms with E-state index in [2.05, 4.69) is 46.1 Å². The SMILES string of the molecule is C=C(C)[C@H](CC[C@](C)(O)[C@H]1CC[C@]2(C)[C@@H]1CC[C@@H]1[C@@]3(C)CC[C@H](O)C(C)(C)[C@@H]3CC[C@]12C)OO. The Morgan fingerprint density at radius 3 is 2.24 bits per heavy atom. The van der Waals surface area contributed by atoms with Crippen LogP contribution >= 0.6 is 0 Å². The minimum atomic E-state index is -0.768. The molecule has 34 heavy (non-hydrogen) atoms. The molecule has 0 unspecified atom stereocenters. The Hall–Kier alpha value is -0.420. The Labute approximate surface area is 208 Å². The summed E-state index contributed by atoms with van der Waals surface area (Å²) in [5, 5.41) is 31.8. The molecule has 0 aromatic heterocycles. The molecule has 0 aromatic carbocycles. The third-order valence-electron chi connectivity index (χ3n) is 12.8. The van der Waals surface area contributed by atoms with Crippen molar-refractivity contribution in [1.82, 2.24) is 0 Å². The standard InChI is InChI=1S/C30H52O4/c1-19(2)22(34-33)12-18-30(8,32)21-11-16-28(6)20(21)9-10-24-27(5)15-14-25(31)26(3,4)23(27)13-17-29(24,28)7/h20-25,31-33H,1,9-18H2,2-8H3/t20-,21+,22+,23+,24-,25+,27+,28-,29-,30+/m1/s1. The predicted molar refractivity (Wildman–Crippen MR) is 137 cm³/mol. The number of hydrogen-bond donors (Lipinski definition) is 3. The molecule has 4 nitrogen and oxygen atoms in total. The van der Waals surface area contributed by atoms with E-state index in [-0.39, 0.29) is 33.7 Å². The van der Waals surface area contributed by atoms with Crippen LogP contribution in [0, 0.1) is 45.3 Å². The molecule has 3 N–H and O–H groups in total. The van der Waals surface area contributed by atoms with Gasteiger partial charge in [0.15, 0.2) is 0 Å². The van der Waals surface area contributed by atoms with Crippen LogP contribution < -0.4 is 0 Å². The summed E-state index contributed by atoms with van der Waals surface area (Å²) in [5.41, 5.74) is 0.822. The Morgan fingerprint density at radius 1 is 0.971 bits per heavy atom. The van der Waals surface area contributed by atoms with Gasteiger partial charge in [0.05, 0.1) is 11.7 Å². The fourth-order valence-electron chi connectivity index (χ4n) is 10.5. The number of fused-ring (bicyclic) bond motifs is 5. The van der Waals surface area contributed by atoms with Crippen molar-refractivity contribution < 1.29 is 20.4 Å². The van der Waals surface area contributed by atoms with Crippen LogP contribution in [0.2, 0.25) is 0 Å². The van der Waals surface area contributed by atoms with Gasteiger partial charge in [-0.2, -0.15) is 0 Å². The van der Waals surface area contributed by atoms with Crippen LogP contribution in [0.4, 0.5) is 0 Å². The van der Waals surface area contributed by atoms with Crippen molar-refractivity contribution in [3.8, 4) is 0 Å². The number of aliphatic hydroxyl groups excluding tert-OH is 1. The van der Waals surface area contributed by atoms with Gasteiger partial charge in [-0.15, -0.1) is 0 Å². The van der Waals surface area contributed by atoms with Gasteiger partial charge in [-0.3, -0.25) is 5.26 Å². The molecule has 0 aliphatic heterocycles. The highest BCUT2D eigenvalue weighted by molar-refractivity contribution is 5.18. The van der Waals surface area contributed by atoms with Crippen molar-refractivity contribution in [2.24, 2.45) is 45.3 Å². The van der Waals surface area contributed by atoms with Gasteiger partial charge in [-0.05, 0) is 129 Å². The molecule has 4 heteroatoms. The van der Waals surface area contributed by atoms with E-state index in [1.54, 1.807) is 0 Å². The summed E-state index contributed by atoms with van der Waals surface area (Å²) in [6.45, 7) is 20.2. The smallest absolute Gasteiger partial charge is 0.113 e. The number of aliphatic hydroxyl groups is 2. The Kier molecular flexibility index (Phi) is 6.71. The summed E-state index contributed by atoms with van der Waals surface area (Å²) in [4.78, 5) is 4.64. The average molecular weight is 477 g/mol. The van der Waals surface area contributed by atoms with Crippen LogP contribution in [-0.4, -0.2) is 33.3 Å². The van der Waals surface area contributed by atoms with Gasteiger partial charge < -0.3 is 10.2 Å². The molecule has 196 valence electrons. The zero-order valence-electron chi connectivity index (χ0n) is 23.0. The molecule has 0 heterocycles. The van der Waals surface area contributed by atoms with Crippen molar-refractivity contribution in [2.45, 2.75) is 130 Å². The Bertz CT molecular complexity index is 789. The molecule has 0 spiro atoms. The first-order valence-electron chi connectivity index (χ1n) is 14.0. The van der Waals surface area contributed by atoms with Gasteiger partial charge in [0.1, 0.15) is 6.10 Å². The van der Waals surface area contributed by atoms with Gasteiger partial charge in [-0.25, -0.2) is 4.89 Å². The lowest BCUT2D eigenvalue weighted by Crippen LogP contribution is -2.64. The zero-order chi connectivity index (χ0) is 25.3. The third-order valence-corrected chi connectivity index (χ3v) is 12.8. The van der Waals surface area contributed by atoms with Crippen LogP contribution in [0.1, 0.15) is 113 Å². The minimum Gasteiger partial charge on any atom is -0.393 e. The van der Waals surface area contributed by atoms with Crippen LogP contribution in [0.5, 0.6) is 0 Å². The van der Waals surface area contributed by atoms with E-state index < -0.39 is 11.7 Å². The first-order chi connectivity index (χ1) is 15.6. The lowest BCUT2D eigenvalue weighted by Gasteiger charge is -2.70. The fourth-order valence-corrected chi connectivity index (χ4v) is 10.5. The van der Waals surface area contributed by atoms with Gasteiger partial charge >= 0.3 is 0 Å². The molecule has 0 saturated heterocycles. The molecule has 4 fully saturated rings. The lowest BCUT2D eigenvalue weighted by atomic mass is 9.35. The molecule has 0 bridgehead atoms. The van der Waals surface area contributed by atoms with Crippen molar-refractivity contribution >= 4 is 0 Å². The highest BCUT2D eigenvalue weighted by Gasteiger charge is 2.69. The van der Waals surface area contributed by atoms with Gasteiger partial charge in [0.2, 0.25) is 0 Å². The molecule has 4 rings (SSSR count). The van der Waals surface area contributed by atoms with Crippen molar-refractivity contribution in [1.29, 1.82) is 0 Å². The van der Waals surface area contributed by atoms with E-state index in [9.17, 15) is 15.5 Å². The van der Waals surface area contributed by atoms with Crippen LogP contribution in [0.25, 0.3) is 0 Å². The highest BCUT2D eigenvalue weighted by Crippen LogP contribution is 2.75. The highest BCUT2D eigenvalue weighted by atomic mass is 17.1. The second-order valence-corrected chi connectivity index (χ2v) is 14.5. The summed E-state index contributed by atoms with van der Waals surface area (Å²) < 4.78 is 0. The number of hydrogen-bond acceptors (Lipinski definition) is 4. The summed E-state index contributed by atoms with van der Waals surface area (Å²) in [6.07, 6.45) is 9.87. The van der Waals surface area contributed by atoms with E-state index in [0.29, 0.717) is 30.6 Å². The summed E-state index contributed by atoms with van der Waals surface area (Å²) in [6, 6.07) is 0. The zero-order valence-corrected chi connectivity index (χ0v) is 23.0. The van der Waals surface area contributed by atoms with Crippen LogP contribution in [0.15, 0.2) is 12.2 Å². The van der Waals surface area contributed by atoms with Crippen LogP contribution in [0.3, 0.4) is 0 Å². The molecule has 4 saturated carbocycles. The third kappa shape index (κ3) is 3.68. The largest absolute Gasteiger partial charge is 0.393 e. The molecular weight excluding hydrogens is 424 g/mol. The topological polar surface area (TPSA) is 69.9 Å². The molecule has 0 amide bonds. The first kappa shape index (κ1) is 26.6. The fraction of sp³-hybridized carbons (Fsp3) is 0.933. The first-order valence-corrected chi connectivity index (χ1v) is 14.0. The van der Waals surface area contributed by atoms with E-state index in [4.69, 9.17) is 0 Å². The molecule has 0 aromatic rings. The second kappa shape index (κ2) is 8.57. The molecule has 4 aliphatic rings. The lowest BCUT2D eigenvalue weighted by molar-refractivity contribution is -0.271. The van der Waals surface area contributed by atoms with Crippen molar-refractivity contribution in [3.05, 3.63) is 12.2 Å². The molecule has 10 atom stereocenters. The normalized spacial score (nSPS) is 48.2.